The van der Waals surface area contributed by atoms with E-state index in [0.717, 1.165) is 23.0 Å². The molecule has 0 spiro atoms. The second-order valence-electron chi connectivity index (χ2n) is 5.65. The van der Waals surface area contributed by atoms with Gasteiger partial charge in [-0.05, 0) is 39.0 Å². The van der Waals surface area contributed by atoms with Gasteiger partial charge in [0.25, 0.3) is 0 Å². The number of nitrogens with one attached hydrogen (secondary N) is 1. The normalized spacial score (nSPS) is 11.6. The molecule has 0 bridgehead atoms. The van der Waals surface area contributed by atoms with Crippen LogP contribution in [0.1, 0.15) is 20.8 Å². The van der Waals surface area contributed by atoms with Crippen molar-refractivity contribution in [1.29, 1.82) is 0 Å². The summed E-state index contributed by atoms with van der Waals surface area (Å²) in [6.45, 7) is 7.51. The van der Waals surface area contributed by atoms with Crippen LogP contribution < -0.4 is 10.1 Å². The summed E-state index contributed by atoms with van der Waals surface area (Å²) in [7, 11) is 1.70. The van der Waals surface area contributed by atoms with E-state index in [9.17, 15) is 0 Å². The fourth-order valence-corrected chi connectivity index (χ4v) is 1.99. The Labute approximate surface area is 120 Å². The molecule has 0 aliphatic heterocycles. The molecule has 2 aromatic rings. The largest absolute Gasteiger partial charge is 0.471 e. The minimum Gasteiger partial charge on any atom is -0.471 e. The van der Waals surface area contributed by atoms with E-state index in [1.165, 1.54) is 0 Å². The molecular formula is C16H22N2O2. The predicted octanol–water partition coefficient (Wildman–Crippen LogP) is 3.47. The second kappa shape index (κ2) is 6.09. The lowest BCUT2D eigenvalue weighted by Gasteiger charge is -2.21. The summed E-state index contributed by atoms with van der Waals surface area (Å²) < 4.78 is 11.0. The summed E-state index contributed by atoms with van der Waals surface area (Å²) >= 11 is 0. The zero-order valence-corrected chi connectivity index (χ0v) is 12.6. The maximum Gasteiger partial charge on any atom is 0.221 e. The predicted molar refractivity (Wildman–Crippen MR) is 82.5 cm³/mol. The van der Waals surface area contributed by atoms with E-state index >= 15 is 0 Å². The Bertz CT molecular complexity index is 576. The number of benzene rings is 1. The van der Waals surface area contributed by atoms with E-state index < -0.39 is 0 Å². The van der Waals surface area contributed by atoms with Gasteiger partial charge < -0.3 is 14.8 Å². The molecule has 1 aromatic carbocycles. The number of pyridine rings is 1. The van der Waals surface area contributed by atoms with Gasteiger partial charge in [0.15, 0.2) is 0 Å². The molecule has 1 N–H and O–H groups in total. The zero-order chi connectivity index (χ0) is 14.6. The van der Waals surface area contributed by atoms with Crippen LogP contribution in [0.5, 0.6) is 5.88 Å². The number of hydrogen-bond donors (Lipinski definition) is 1. The number of hydrogen-bond acceptors (Lipinski definition) is 4. The van der Waals surface area contributed by atoms with Crippen LogP contribution >= 0.6 is 0 Å². The van der Waals surface area contributed by atoms with Crippen LogP contribution in [0.4, 0.5) is 5.69 Å². The number of rotatable bonds is 5. The smallest absolute Gasteiger partial charge is 0.221 e. The van der Waals surface area contributed by atoms with Gasteiger partial charge in [0.1, 0.15) is 5.60 Å². The van der Waals surface area contributed by atoms with Crippen LogP contribution in [0, 0.1) is 0 Å². The van der Waals surface area contributed by atoms with Gasteiger partial charge in [0.05, 0.1) is 6.61 Å². The van der Waals surface area contributed by atoms with Gasteiger partial charge in [0, 0.05) is 36.3 Å². The fourth-order valence-electron chi connectivity index (χ4n) is 1.99. The molecule has 2 rings (SSSR count). The number of aromatic nitrogens is 1. The topological polar surface area (TPSA) is 43.4 Å². The van der Waals surface area contributed by atoms with Crippen LogP contribution in [-0.4, -0.2) is 30.8 Å². The second-order valence-corrected chi connectivity index (χ2v) is 5.65. The molecule has 0 aliphatic rings. The van der Waals surface area contributed by atoms with Crippen molar-refractivity contribution in [3.63, 3.8) is 0 Å². The SMILES string of the molecule is COCCNc1cccc2c(OC(C)(C)C)nccc12. The zero-order valence-electron chi connectivity index (χ0n) is 12.6. The fraction of sp³-hybridized carbons (Fsp3) is 0.438. The molecule has 0 unspecified atom stereocenters. The summed E-state index contributed by atoms with van der Waals surface area (Å²) in [6.07, 6.45) is 1.78. The number of fused-ring (bicyclic) bond motifs is 1. The van der Waals surface area contributed by atoms with E-state index in [1.54, 1.807) is 13.3 Å². The van der Waals surface area contributed by atoms with Crippen molar-refractivity contribution in [1.82, 2.24) is 4.98 Å². The molecular weight excluding hydrogens is 252 g/mol. The quantitative estimate of drug-likeness (QED) is 0.848. The van der Waals surface area contributed by atoms with Gasteiger partial charge in [-0.2, -0.15) is 0 Å². The molecule has 1 heterocycles. The van der Waals surface area contributed by atoms with E-state index in [2.05, 4.69) is 16.4 Å². The molecule has 0 amide bonds. The number of nitrogens with zero attached hydrogens (tertiary/aromatic N) is 1. The van der Waals surface area contributed by atoms with Crippen molar-refractivity contribution in [2.75, 3.05) is 25.6 Å². The molecule has 0 aliphatic carbocycles. The minimum atomic E-state index is -0.263. The van der Waals surface area contributed by atoms with Crippen LogP contribution in [-0.2, 0) is 4.74 Å². The lowest BCUT2D eigenvalue weighted by atomic mass is 10.1. The Balaban J connectivity index is 2.36. The Hall–Kier alpha value is -1.81. The van der Waals surface area contributed by atoms with Crippen LogP contribution in [0.3, 0.4) is 0 Å². The monoisotopic (exact) mass is 274 g/mol. The Morgan fingerprint density at radius 1 is 1.15 bits per heavy atom. The van der Waals surface area contributed by atoms with Crippen LogP contribution in [0.25, 0.3) is 10.8 Å². The van der Waals surface area contributed by atoms with Gasteiger partial charge in [-0.25, -0.2) is 4.98 Å². The van der Waals surface area contributed by atoms with Gasteiger partial charge in [-0.3, -0.25) is 0 Å². The highest BCUT2D eigenvalue weighted by atomic mass is 16.5. The molecule has 20 heavy (non-hydrogen) atoms. The summed E-state index contributed by atoms with van der Waals surface area (Å²) in [4.78, 5) is 4.36. The van der Waals surface area contributed by atoms with Crippen LogP contribution in [0.2, 0.25) is 0 Å². The van der Waals surface area contributed by atoms with E-state index in [4.69, 9.17) is 9.47 Å². The van der Waals surface area contributed by atoms with Gasteiger partial charge >= 0.3 is 0 Å². The van der Waals surface area contributed by atoms with Crippen molar-refractivity contribution in [2.24, 2.45) is 0 Å². The summed E-state index contributed by atoms with van der Waals surface area (Å²) in [6, 6.07) is 8.10. The highest BCUT2D eigenvalue weighted by Crippen LogP contribution is 2.30. The van der Waals surface area contributed by atoms with Crippen molar-refractivity contribution >= 4 is 16.5 Å². The lowest BCUT2D eigenvalue weighted by Crippen LogP contribution is -2.23. The third-order valence-corrected chi connectivity index (χ3v) is 2.79. The molecule has 0 radical (unpaired) electrons. The maximum atomic E-state index is 5.93. The minimum absolute atomic E-state index is 0.263. The van der Waals surface area contributed by atoms with Crippen LogP contribution in [0.15, 0.2) is 30.5 Å². The molecule has 0 saturated carbocycles. The average molecular weight is 274 g/mol. The summed E-state index contributed by atoms with van der Waals surface area (Å²) in [5.41, 5.74) is 0.807. The third-order valence-electron chi connectivity index (χ3n) is 2.79. The van der Waals surface area contributed by atoms with Crippen molar-refractivity contribution < 1.29 is 9.47 Å². The first kappa shape index (κ1) is 14.6. The van der Waals surface area contributed by atoms with Crippen molar-refractivity contribution in [2.45, 2.75) is 26.4 Å². The first-order valence-corrected chi connectivity index (χ1v) is 6.81. The number of anilines is 1. The highest BCUT2D eigenvalue weighted by molar-refractivity contribution is 5.96. The highest BCUT2D eigenvalue weighted by Gasteiger charge is 2.15. The van der Waals surface area contributed by atoms with E-state index in [-0.39, 0.29) is 5.60 Å². The van der Waals surface area contributed by atoms with Crippen molar-refractivity contribution in [3.8, 4) is 5.88 Å². The lowest BCUT2D eigenvalue weighted by molar-refractivity contribution is 0.126. The number of ether oxygens (including phenoxy) is 2. The molecule has 4 heteroatoms. The number of methoxy groups -OCH3 is 1. The Morgan fingerprint density at radius 3 is 2.65 bits per heavy atom. The maximum absolute atomic E-state index is 5.93. The van der Waals surface area contributed by atoms with E-state index in [1.807, 2.05) is 39.0 Å². The average Bonchev–Trinajstić information content (AvgIpc) is 2.38. The Kier molecular flexibility index (Phi) is 4.45. The standard InChI is InChI=1S/C16H22N2O2/c1-16(2,3)20-15-13-6-5-7-14(17-10-11-19-4)12(13)8-9-18-15/h5-9,17H,10-11H2,1-4H3. The van der Waals surface area contributed by atoms with Gasteiger partial charge in [-0.15, -0.1) is 0 Å². The third kappa shape index (κ3) is 3.61. The molecule has 0 atom stereocenters. The first-order chi connectivity index (χ1) is 9.51. The summed E-state index contributed by atoms with van der Waals surface area (Å²) in [5, 5.41) is 5.50. The molecule has 0 fully saturated rings. The molecule has 108 valence electrons. The molecule has 4 nitrogen and oxygen atoms in total. The first-order valence-electron chi connectivity index (χ1n) is 6.81. The van der Waals surface area contributed by atoms with Crippen molar-refractivity contribution in [3.05, 3.63) is 30.5 Å². The Morgan fingerprint density at radius 2 is 1.95 bits per heavy atom. The van der Waals surface area contributed by atoms with Gasteiger partial charge in [0.2, 0.25) is 5.88 Å². The summed E-state index contributed by atoms with van der Waals surface area (Å²) in [5.74, 6) is 0.672. The molecule has 0 saturated heterocycles. The van der Waals surface area contributed by atoms with E-state index in [0.29, 0.717) is 12.5 Å². The van der Waals surface area contributed by atoms with Gasteiger partial charge in [-0.1, -0.05) is 6.07 Å². The molecule has 1 aromatic heterocycles.